The molecule has 0 aliphatic carbocycles. The van der Waals surface area contributed by atoms with Crippen LogP contribution in [0.25, 0.3) is 11.0 Å². The number of ether oxygens (including phenoxy) is 1. The van der Waals surface area contributed by atoms with Crippen LogP contribution < -0.4 is 4.74 Å². The Balaban J connectivity index is 1.52. The summed E-state index contributed by atoms with van der Waals surface area (Å²) in [5.74, 6) is 0.691. The van der Waals surface area contributed by atoms with Crippen molar-refractivity contribution < 1.29 is 14.1 Å². The molecule has 124 valence electrons. The number of hydrogen-bond donors (Lipinski definition) is 0. The molecule has 24 heavy (non-hydrogen) atoms. The molecule has 0 aliphatic rings. The van der Waals surface area contributed by atoms with E-state index in [2.05, 4.69) is 5.16 Å². The summed E-state index contributed by atoms with van der Waals surface area (Å²) in [6.07, 6.45) is 0.203. The van der Waals surface area contributed by atoms with Crippen LogP contribution in [0.15, 0.2) is 53.1 Å². The van der Waals surface area contributed by atoms with E-state index >= 15 is 0 Å². The molecule has 0 fully saturated rings. The van der Waals surface area contributed by atoms with Gasteiger partial charge in [-0.1, -0.05) is 28.9 Å². The Kier molecular flexibility index (Phi) is 5.01. The number of halogens is 1. The van der Waals surface area contributed by atoms with Crippen molar-refractivity contribution in [2.24, 2.45) is 0 Å². The van der Waals surface area contributed by atoms with Crippen LogP contribution in [0, 0.1) is 0 Å². The minimum absolute atomic E-state index is 0.0336. The fraction of sp³-hybridized carbons (Fsp3) is 0.222. The van der Waals surface area contributed by atoms with Crippen LogP contribution >= 0.6 is 11.6 Å². The summed E-state index contributed by atoms with van der Waals surface area (Å²) < 4.78 is 10.8. The summed E-state index contributed by atoms with van der Waals surface area (Å²) in [5, 5.41) is 5.52. The van der Waals surface area contributed by atoms with Crippen molar-refractivity contribution in [3.05, 3.63) is 59.2 Å². The molecule has 0 N–H and O–H groups in total. The molecule has 3 aromatic rings. The van der Waals surface area contributed by atoms with Crippen molar-refractivity contribution >= 4 is 28.5 Å². The number of nitrogens with zero attached hydrogens (tertiary/aromatic N) is 2. The number of carbonyl (C=O) groups excluding carboxylic acids is 1. The molecule has 0 atom stereocenters. The van der Waals surface area contributed by atoms with Crippen LogP contribution in [0.4, 0.5) is 0 Å². The Labute approximate surface area is 144 Å². The van der Waals surface area contributed by atoms with Crippen molar-refractivity contribution in [2.75, 3.05) is 20.2 Å². The van der Waals surface area contributed by atoms with E-state index in [4.69, 9.17) is 20.9 Å². The topological polar surface area (TPSA) is 55.6 Å². The molecule has 0 radical (unpaired) electrons. The predicted molar refractivity (Wildman–Crippen MR) is 92.3 cm³/mol. The summed E-state index contributed by atoms with van der Waals surface area (Å²) >= 11 is 5.82. The van der Waals surface area contributed by atoms with E-state index in [0.29, 0.717) is 29.5 Å². The van der Waals surface area contributed by atoms with E-state index in [1.807, 2.05) is 24.3 Å². The minimum atomic E-state index is -0.0336. The highest BCUT2D eigenvalue weighted by molar-refractivity contribution is 6.30. The van der Waals surface area contributed by atoms with Crippen molar-refractivity contribution in [1.29, 1.82) is 0 Å². The molecule has 0 bridgehead atoms. The monoisotopic (exact) mass is 344 g/mol. The highest BCUT2D eigenvalue weighted by Gasteiger charge is 2.15. The molecule has 5 nitrogen and oxygen atoms in total. The summed E-state index contributed by atoms with van der Waals surface area (Å²) in [6, 6.07) is 14.6. The molecule has 0 saturated heterocycles. The third-order valence-corrected chi connectivity index (χ3v) is 3.96. The number of benzene rings is 2. The Hall–Kier alpha value is -2.53. The first-order valence-electron chi connectivity index (χ1n) is 7.59. The highest BCUT2D eigenvalue weighted by atomic mass is 35.5. The van der Waals surface area contributed by atoms with Gasteiger partial charge in [0.2, 0.25) is 5.91 Å². The number of likely N-dealkylation sites (N-methyl/N-ethyl adjacent to an activating group) is 1. The number of fused-ring (bicyclic) bond motifs is 1. The maximum absolute atomic E-state index is 12.3. The van der Waals surface area contributed by atoms with Gasteiger partial charge < -0.3 is 14.2 Å². The van der Waals surface area contributed by atoms with Gasteiger partial charge in [-0.2, -0.15) is 0 Å². The molecule has 0 unspecified atom stereocenters. The molecule has 1 amide bonds. The predicted octanol–water partition coefficient (Wildman–Crippen LogP) is 3.56. The number of rotatable bonds is 6. The van der Waals surface area contributed by atoms with E-state index in [0.717, 1.165) is 11.1 Å². The number of para-hydroxylation sites is 1. The van der Waals surface area contributed by atoms with Crippen molar-refractivity contribution in [2.45, 2.75) is 6.42 Å². The number of carbonyl (C=O) groups is 1. The first kappa shape index (κ1) is 16.3. The zero-order valence-corrected chi connectivity index (χ0v) is 14.0. The second-order valence-corrected chi connectivity index (χ2v) is 5.86. The van der Waals surface area contributed by atoms with Gasteiger partial charge in [-0.15, -0.1) is 0 Å². The average Bonchev–Trinajstić information content (AvgIpc) is 3.00. The van der Waals surface area contributed by atoms with Crippen LogP contribution in [0.2, 0.25) is 5.02 Å². The standard InChI is InChI=1S/C18H17ClN2O3/c1-21(10-11-23-14-8-6-13(19)7-9-14)18(22)12-16-15-4-2-3-5-17(15)24-20-16/h2-9H,10-12H2,1H3. The largest absolute Gasteiger partial charge is 0.492 e. The fourth-order valence-corrected chi connectivity index (χ4v) is 2.43. The average molecular weight is 345 g/mol. The van der Waals surface area contributed by atoms with E-state index in [1.54, 1.807) is 36.2 Å². The van der Waals surface area contributed by atoms with E-state index < -0.39 is 0 Å². The van der Waals surface area contributed by atoms with Gasteiger partial charge >= 0.3 is 0 Å². The van der Waals surface area contributed by atoms with Crippen LogP contribution in [0.5, 0.6) is 5.75 Å². The summed E-state index contributed by atoms with van der Waals surface area (Å²) in [6.45, 7) is 0.890. The van der Waals surface area contributed by atoms with Gasteiger partial charge in [0.1, 0.15) is 18.1 Å². The second kappa shape index (κ2) is 7.36. The van der Waals surface area contributed by atoms with Crippen LogP contribution in [0.3, 0.4) is 0 Å². The van der Waals surface area contributed by atoms with Gasteiger partial charge in [0.15, 0.2) is 5.58 Å². The lowest BCUT2D eigenvalue weighted by Crippen LogP contribution is -2.32. The second-order valence-electron chi connectivity index (χ2n) is 5.42. The van der Waals surface area contributed by atoms with E-state index in [9.17, 15) is 4.79 Å². The molecular formula is C18H17ClN2O3. The third kappa shape index (κ3) is 3.86. The molecule has 3 rings (SSSR count). The smallest absolute Gasteiger partial charge is 0.228 e. The SMILES string of the molecule is CN(CCOc1ccc(Cl)cc1)C(=O)Cc1noc2ccccc12. The van der Waals surface area contributed by atoms with Crippen molar-refractivity contribution in [3.8, 4) is 5.75 Å². The first-order valence-corrected chi connectivity index (χ1v) is 7.97. The molecule has 0 saturated carbocycles. The van der Waals surface area contributed by atoms with Gasteiger partial charge in [0.05, 0.1) is 13.0 Å². The zero-order valence-electron chi connectivity index (χ0n) is 13.2. The zero-order chi connectivity index (χ0) is 16.9. The summed E-state index contributed by atoms with van der Waals surface area (Å²) in [5.41, 5.74) is 1.34. The van der Waals surface area contributed by atoms with Gasteiger partial charge in [0.25, 0.3) is 0 Å². The summed E-state index contributed by atoms with van der Waals surface area (Å²) in [4.78, 5) is 13.9. The molecule has 2 aromatic carbocycles. The molecule has 1 heterocycles. The first-order chi connectivity index (χ1) is 11.6. The number of hydrogen-bond acceptors (Lipinski definition) is 4. The normalized spacial score (nSPS) is 10.8. The van der Waals surface area contributed by atoms with Gasteiger partial charge in [-0.25, -0.2) is 0 Å². The van der Waals surface area contributed by atoms with Crippen molar-refractivity contribution in [1.82, 2.24) is 10.1 Å². The van der Waals surface area contributed by atoms with Gasteiger partial charge in [0, 0.05) is 17.5 Å². The molecule has 0 spiro atoms. The molecule has 0 aliphatic heterocycles. The van der Waals surface area contributed by atoms with E-state index in [1.165, 1.54) is 0 Å². The fourth-order valence-electron chi connectivity index (χ4n) is 2.30. The Morgan fingerprint density at radius 3 is 2.75 bits per heavy atom. The van der Waals surface area contributed by atoms with Crippen LogP contribution in [-0.2, 0) is 11.2 Å². The number of aromatic nitrogens is 1. The maximum atomic E-state index is 12.3. The van der Waals surface area contributed by atoms with Crippen LogP contribution in [0.1, 0.15) is 5.69 Å². The van der Waals surface area contributed by atoms with Crippen molar-refractivity contribution in [3.63, 3.8) is 0 Å². The maximum Gasteiger partial charge on any atom is 0.228 e. The molecule has 1 aromatic heterocycles. The quantitative estimate of drug-likeness (QED) is 0.686. The Morgan fingerprint density at radius 1 is 1.21 bits per heavy atom. The van der Waals surface area contributed by atoms with E-state index in [-0.39, 0.29) is 12.3 Å². The lowest BCUT2D eigenvalue weighted by Gasteiger charge is -2.17. The lowest BCUT2D eigenvalue weighted by atomic mass is 10.1. The molecular weight excluding hydrogens is 328 g/mol. The summed E-state index contributed by atoms with van der Waals surface area (Å²) in [7, 11) is 1.75. The third-order valence-electron chi connectivity index (χ3n) is 3.71. The van der Waals surface area contributed by atoms with Crippen LogP contribution in [-0.4, -0.2) is 36.2 Å². The minimum Gasteiger partial charge on any atom is -0.492 e. The molecule has 6 heteroatoms. The highest BCUT2D eigenvalue weighted by Crippen LogP contribution is 2.18. The van der Waals surface area contributed by atoms with Gasteiger partial charge in [-0.05, 0) is 36.4 Å². The van der Waals surface area contributed by atoms with Gasteiger partial charge in [-0.3, -0.25) is 4.79 Å². The number of amides is 1. The lowest BCUT2D eigenvalue weighted by molar-refractivity contribution is -0.129. The Morgan fingerprint density at radius 2 is 1.96 bits per heavy atom. The Bertz CT molecular complexity index is 830.